The second kappa shape index (κ2) is 7.01. The topological polar surface area (TPSA) is 87.7 Å². The molecule has 7 nitrogen and oxygen atoms in total. The number of rotatable bonds is 3. The van der Waals surface area contributed by atoms with Crippen LogP contribution in [0.15, 0.2) is 18.5 Å². The van der Waals surface area contributed by atoms with Crippen LogP contribution in [0.5, 0.6) is 0 Å². The Morgan fingerprint density at radius 2 is 2.20 bits per heavy atom. The second-order valence-electron chi connectivity index (χ2n) is 6.72. The number of hydrogen-bond donors (Lipinski definition) is 0. The molecule has 0 N–H and O–H groups in total. The smallest absolute Gasteiger partial charge is 0.272 e. The van der Waals surface area contributed by atoms with E-state index in [1.165, 1.54) is 0 Å². The van der Waals surface area contributed by atoms with Gasteiger partial charge in [0.05, 0.1) is 11.3 Å². The number of nitriles is 1. The molecule has 0 spiro atoms. The van der Waals surface area contributed by atoms with Gasteiger partial charge in [-0.1, -0.05) is 0 Å². The van der Waals surface area contributed by atoms with Gasteiger partial charge >= 0.3 is 0 Å². The van der Waals surface area contributed by atoms with Crippen molar-refractivity contribution in [3.8, 4) is 6.07 Å². The first-order valence-electron chi connectivity index (χ1n) is 8.57. The maximum atomic E-state index is 12.8. The number of pyridine rings is 1. The normalized spacial score (nSPS) is 17.6. The van der Waals surface area contributed by atoms with E-state index >= 15 is 0 Å². The Balaban J connectivity index is 1.79. The molecule has 3 rings (SSSR count). The van der Waals surface area contributed by atoms with Crippen molar-refractivity contribution in [1.82, 2.24) is 24.6 Å². The lowest BCUT2D eigenvalue weighted by Crippen LogP contribution is -2.40. The van der Waals surface area contributed by atoms with Crippen molar-refractivity contribution in [3.05, 3.63) is 41.2 Å². The fourth-order valence-corrected chi connectivity index (χ4v) is 3.27. The van der Waals surface area contributed by atoms with E-state index in [2.05, 4.69) is 39.7 Å². The van der Waals surface area contributed by atoms with E-state index in [4.69, 9.17) is 5.26 Å². The number of amides is 1. The van der Waals surface area contributed by atoms with Crippen LogP contribution < -0.4 is 0 Å². The third kappa shape index (κ3) is 3.38. The zero-order chi connectivity index (χ0) is 18.0. The first-order valence-corrected chi connectivity index (χ1v) is 8.57. The number of carbonyl (C=O) groups excluding carboxylic acids is 1. The van der Waals surface area contributed by atoms with Gasteiger partial charge in [0.15, 0.2) is 0 Å². The monoisotopic (exact) mass is 338 g/mol. The zero-order valence-corrected chi connectivity index (χ0v) is 14.8. The summed E-state index contributed by atoms with van der Waals surface area (Å²) in [6.07, 6.45) is 3.68. The summed E-state index contributed by atoms with van der Waals surface area (Å²) in [6, 6.07) is 5.66. The standard InChI is InChI=1S/C18H22N6O/c1-12(2)24-11-20-22-17(24)15-5-4-8-23(10-15)18(25)16-7-6-14(9-19)13(3)21-16/h6-7,11-12,15H,4-5,8,10H2,1-3H3/t15-/m1/s1. The molecule has 1 aliphatic heterocycles. The first-order chi connectivity index (χ1) is 12.0. The molecule has 0 saturated carbocycles. The van der Waals surface area contributed by atoms with Gasteiger partial charge in [-0.15, -0.1) is 10.2 Å². The number of aryl methyl sites for hydroxylation is 1. The molecule has 1 atom stereocenters. The lowest BCUT2D eigenvalue weighted by atomic mass is 9.96. The molecular formula is C18H22N6O. The molecule has 2 aromatic rings. The predicted octanol–water partition coefficient (Wildman–Crippen LogP) is 2.45. The van der Waals surface area contributed by atoms with Crippen molar-refractivity contribution >= 4 is 5.91 Å². The molecular weight excluding hydrogens is 316 g/mol. The summed E-state index contributed by atoms with van der Waals surface area (Å²) in [5.74, 6) is 1.03. The number of aromatic nitrogens is 4. The number of hydrogen-bond acceptors (Lipinski definition) is 5. The Morgan fingerprint density at radius 1 is 1.40 bits per heavy atom. The minimum absolute atomic E-state index is 0.0899. The molecule has 1 amide bonds. The number of piperidine rings is 1. The van der Waals surface area contributed by atoms with Gasteiger partial charge in [-0.25, -0.2) is 4.98 Å². The van der Waals surface area contributed by atoms with Gasteiger partial charge < -0.3 is 9.47 Å². The van der Waals surface area contributed by atoms with Crippen LogP contribution in [0, 0.1) is 18.3 Å². The van der Waals surface area contributed by atoms with Gasteiger partial charge in [-0.05, 0) is 45.7 Å². The largest absolute Gasteiger partial charge is 0.337 e. The average molecular weight is 338 g/mol. The molecule has 0 bridgehead atoms. The summed E-state index contributed by atoms with van der Waals surface area (Å²) in [6.45, 7) is 7.28. The molecule has 0 aromatic carbocycles. The summed E-state index contributed by atoms with van der Waals surface area (Å²) >= 11 is 0. The minimum atomic E-state index is -0.0899. The Morgan fingerprint density at radius 3 is 2.88 bits per heavy atom. The second-order valence-corrected chi connectivity index (χ2v) is 6.72. The van der Waals surface area contributed by atoms with Crippen molar-refractivity contribution in [2.75, 3.05) is 13.1 Å². The average Bonchev–Trinajstić information content (AvgIpc) is 3.11. The van der Waals surface area contributed by atoms with Crippen LogP contribution in [0.3, 0.4) is 0 Å². The van der Waals surface area contributed by atoms with Crippen LogP contribution in [0.2, 0.25) is 0 Å². The molecule has 0 radical (unpaired) electrons. The summed E-state index contributed by atoms with van der Waals surface area (Å²) in [5.41, 5.74) is 1.47. The lowest BCUT2D eigenvalue weighted by molar-refractivity contribution is 0.0696. The Kier molecular flexibility index (Phi) is 4.79. The van der Waals surface area contributed by atoms with Crippen molar-refractivity contribution < 1.29 is 4.79 Å². The summed E-state index contributed by atoms with van der Waals surface area (Å²) in [4.78, 5) is 19.0. The fourth-order valence-electron chi connectivity index (χ4n) is 3.27. The van der Waals surface area contributed by atoms with E-state index in [-0.39, 0.29) is 11.8 Å². The summed E-state index contributed by atoms with van der Waals surface area (Å²) in [7, 11) is 0. The molecule has 130 valence electrons. The highest BCUT2D eigenvalue weighted by atomic mass is 16.2. The minimum Gasteiger partial charge on any atom is -0.337 e. The third-order valence-electron chi connectivity index (χ3n) is 4.66. The molecule has 0 aliphatic carbocycles. The van der Waals surface area contributed by atoms with Gasteiger partial charge in [-0.2, -0.15) is 5.26 Å². The lowest BCUT2D eigenvalue weighted by Gasteiger charge is -2.32. The summed E-state index contributed by atoms with van der Waals surface area (Å²) < 4.78 is 2.07. The highest BCUT2D eigenvalue weighted by Crippen LogP contribution is 2.27. The number of nitrogens with zero attached hydrogens (tertiary/aromatic N) is 6. The molecule has 2 aromatic heterocycles. The maximum Gasteiger partial charge on any atom is 0.272 e. The van der Waals surface area contributed by atoms with Crippen LogP contribution in [-0.4, -0.2) is 43.6 Å². The van der Waals surface area contributed by atoms with Gasteiger partial charge in [0.1, 0.15) is 23.9 Å². The van der Waals surface area contributed by atoms with Gasteiger partial charge in [0, 0.05) is 25.0 Å². The quantitative estimate of drug-likeness (QED) is 0.858. The fraction of sp³-hybridized carbons (Fsp3) is 0.500. The Bertz CT molecular complexity index is 819. The van der Waals surface area contributed by atoms with E-state index < -0.39 is 0 Å². The van der Waals surface area contributed by atoms with Crippen LogP contribution in [-0.2, 0) is 0 Å². The summed E-state index contributed by atoms with van der Waals surface area (Å²) in [5, 5.41) is 17.3. The first kappa shape index (κ1) is 17.1. The zero-order valence-electron chi connectivity index (χ0n) is 14.8. The molecule has 1 aliphatic rings. The number of carbonyl (C=O) groups is 1. The van der Waals surface area contributed by atoms with Crippen molar-refractivity contribution in [3.63, 3.8) is 0 Å². The Hall–Kier alpha value is -2.75. The van der Waals surface area contributed by atoms with Crippen LogP contribution in [0.4, 0.5) is 0 Å². The van der Waals surface area contributed by atoms with E-state index in [1.807, 2.05) is 4.90 Å². The maximum absolute atomic E-state index is 12.8. The van der Waals surface area contributed by atoms with E-state index in [0.29, 0.717) is 36.1 Å². The van der Waals surface area contributed by atoms with Crippen LogP contribution >= 0.6 is 0 Å². The van der Waals surface area contributed by atoms with Gasteiger partial charge in [-0.3, -0.25) is 4.79 Å². The van der Waals surface area contributed by atoms with Gasteiger partial charge in [0.25, 0.3) is 5.91 Å². The van der Waals surface area contributed by atoms with Crippen molar-refractivity contribution in [2.45, 2.75) is 45.6 Å². The van der Waals surface area contributed by atoms with Crippen molar-refractivity contribution in [1.29, 1.82) is 5.26 Å². The molecule has 1 saturated heterocycles. The van der Waals surface area contributed by atoms with Gasteiger partial charge in [0.2, 0.25) is 0 Å². The predicted molar refractivity (Wildman–Crippen MR) is 92.0 cm³/mol. The molecule has 7 heteroatoms. The Labute approximate surface area is 147 Å². The highest BCUT2D eigenvalue weighted by molar-refractivity contribution is 5.92. The number of likely N-dealkylation sites (tertiary alicyclic amines) is 1. The highest BCUT2D eigenvalue weighted by Gasteiger charge is 2.29. The van der Waals surface area contributed by atoms with Crippen LogP contribution in [0.25, 0.3) is 0 Å². The molecule has 25 heavy (non-hydrogen) atoms. The van der Waals surface area contributed by atoms with E-state index in [9.17, 15) is 4.79 Å². The SMILES string of the molecule is Cc1nc(C(=O)N2CCC[C@@H](c3nncn3C(C)C)C2)ccc1C#N. The van der Waals surface area contributed by atoms with Crippen LogP contribution in [0.1, 0.15) is 66.2 Å². The molecule has 1 fully saturated rings. The molecule has 0 unspecified atom stereocenters. The van der Waals surface area contributed by atoms with E-state index in [1.54, 1.807) is 25.4 Å². The van der Waals surface area contributed by atoms with Crippen molar-refractivity contribution in [2.24, 2.45) is 0 Å². The van der Waals surface area contributed by atoms with E-state index in [0.717, 1.165) is 18.7 Å². The third-order valence-corrected chi connectivity index (χ3v) is 4.66. The molecule has 3 heterocycles.